The maximum Gasteiger partial charge on any atom is 0.0650 e. The van der Waals surface area contributed by atoms with E-state index in [-0.39, 0.29) is 5.92 Å². The smallest absolute Gasteiger partial charge is 0.0650 e. The van der Waals surface area contributed by atoms with Crippen LogP contribution >= 0.6 is 23.2 Å². The summed E-state index contributed by atoms with van der Waals surface area (Å²) in [5.41, 5.74) is 6.71. The highest BCUT2D eigenvalue weighted by Gasteiger charge is 2.30. The summed E-state index contributed by atoms with van der Waals surface area (Å²) in [6, 6.07) is 5.44. The SMILES string of the molecule is NCC(c1c(Cl)cccc1Cl)C(O)C1CCCCCC1. The van der Waals surface area contributed by atoms with Crippen LogP contribution < -0.4 is 5.73 Å². The Kier molecular flexibility index (Phi) is 6.16. The molecule has 2 unspecified atom stereocenters. The van der Waals surface area contributed by atoms with Crippen molar-refractivity contribution in [1.82, 2.24) is 0 Å². The minimum Gasteiger partial charge on any atom is -0.392 e. The van der Waals surface area contributed by atoms with Crippen molar-refractivity contribution in [1.29, 1.82) is 0 Å². The van der Waals surface area contributed by atoms with Gasteiger partial charge in [-0.25, -0.2) is 0 Å². The van der Waals surface area contributed by atoms with Crippen LogP contribution in [0.1, 0.15) is 50.0 Å². The molecule has 1 aromatic carbocycles. The molecule has 0 amide bonds. The Balaban J connectivity index is 2.22. The van der Waals surface area contributed by atoms with Gasteiger partial charge in [-0.2, -0.15) is 0 Å². The minimum absolute atomic E-state index is 0.181. The number of nitrogens with two attached hydrogens (primary N) is 1. The van der Waals surface area contributed by atoms with Crippen molar-refractivity contribution in [2.45, 2.75) is 50.5 Å². The van der Waals surface area contributed by atoms with E-state index in [0.717, 1.165) is 18.4 Å². The average molecular weight is 316 g/mol. The summed E-state index contributed by atoms with van der Waals surface area (Å²) in [6.45, 7) is 0.362. The van der Waals surface area contributed by atoms with Crippen LogP contribution in [0.4, 0.5) is 0 Å². The number of aliphatic hydroxyl groups is 1. The lowest BCUT2D eigenvalue weighted by Crippen LogP contribution is -2.32. The molecule has 1 fully saturated rings. The molecule has 0 heterocycles. The summed E-state index contributed by atoms with van der Waals surface area (Å²) < 4.78 is 0. The zero-order valence-electron chi connectivity index (χ0n) is 11.7. The molecule has 4 heteroatoms. The average Bonchev–Trinajstić information content (AvgIpc) is 2.71. The Hall–Kier alpha value is -0.280. The molecule has 1 aliphatic rings. The lowest BCUT2D eigenvalue weighted by molar-refractivity contribution is 0.0742. The van der Waals surface area contributed by atoms with E-state index in [1.54, 1.807) is 0 Å². The Labute approximate surface area is 131 Å². The zero-order chi connectivity index (χ0) is 14.5. The quantitative estimate of drug-likeness (QED) is 0.810. The highest BCUT2D eigenvalue weighted by Crippen LogP contribution is 2.38. The van der Waals surface area contributed by atoms with Gasteiger partial charge in [0.25, 0.3) is 0 Å². The number of rotatable bonds is 4. The highest BCUT2D eigenvalue weighted by molar-refractivity contribution is 6.36. The van der Waals surface area contributed by atoms with E-state index in [1.165, 1.54) is 25.7 Å². The number of benzene rings is 1. The minimum atomic E-state index is -0.463. The highest BCUT2D eigenvalue weighted by atomic mass is 35.5. The first kappa shape index (κ1) is 16.1. The van der Waals surface area contributed by atoms with Gasteiger partial charge in [0.15, 0.2) is 0 Å². The third-order valence-electron chi connectivity index (χ3n) is 4.42. The molecule has 3 N–H and O–H groups in total. The van der Waals surface area contributed by atoms with Gasteiger partial charge in [0.1, 0.15) is 0 Å². The van der Waals surface area contributed by atoms with E-state index in [2.05, 4.69) is 0 Å². The van der Waals surface area contributed by atoms with Gasteiger partial charge in [-0.15, -0.1) is 0 Å². The van der Waals surface area contributed by atoms with Gasteiger partial charge in [0.2, 0.25) is 0 Å². The van der Waals surface area contributed by atoms with Crippen LogP contribution in [0.25, 0.3) is 0 Å². The van der Waals surface area contributed by atoms with Gasteiger partial charge in [-0.05, 0) is 36.5 Å². The van der Waals surface area contributed by atoms with E-state index in [9.17, 15) is 5.11 Å². The first-order chi connectivity index (χ1) is 9.65. The Bertz CT molecular complexity index is 410. The second-order valence-corrected chi connectivity index (χ2v) is 6.53. The lowest BCUT2D eigenvalue weighted by Gasteiger charge is -2.30. The molecule has 2 atom stereocenters. The topological polar surface area (TPSA) is 46.2 Å². The number of hydrogen-bond donors (Lipinski definition) is 2. The van der Waals surface area contributed by atoms with Crippen LogP contribution in [0, 0.1) is 5.92 Å². The van der Waals surface area contributed by atoms with Crippen LogP contribution in [-0.2, 0) is 0 Å². The Morgan fingerprint density at radius 3 is 2.15 bits per heavy atom. The van der Waals surface area contributed by atoms with Crippen molar-refractivity contribution >= 4 is 23.2 Å². The molecule has 1 aliphatic carbocycles. The monoisotopic (exact) mass is 315 g/mol. The summed E-state index contributed by atoms with van der Waals surface area (Å²) in [4.78, 5) is 0. The molecular formula is C16H23Cl2NO. The van der Waals surface area contributed by atoms with Gasteiger partial charge in [-0.1, -0.05) is 55.0 Å². The third-order valence-corrected chi connectivity index (χ3v) is 5.08. The van der Waals surface area contributed by atoms with Crippen molar-refractivity contribution < 1.29 is 5.11 Å². The molecule has 0 bridgehead atoms. The summed E-state index contributed by atoms with van der Waals surface area (Å²) >= 11 is 12.5. The molecular weight excluding hydrogens is 293 g/mol. The van der Waals surface area contributed by atoms with Crippen LogP contribution in [-0.4, -0.2) is 17.8 Å². The summed E-state index contributed by atoms with van der Waals surface area (Å²) in [7, 11) is 0. The predicted molar refractivity (Wildman–Crippen MR) is 85.5 cm³/mol. The zero-order valence-corrected chi connectivity index (χ0v) is 13.2. The summed E-state index contributed by atoms with van der Waals surface area (Å²) in [5.74, 6) is 0.123. The lowest BCUT2D eigenvalue weighted by atomic mass is 9.82. The molecule has 1 saturated carbocycles. The fourth-order valence-electron chi connectivity index (χ4n) is 3.27. The number of aliphatic hydroxyl groups excluding tert-OH is 1. The molecule has 112 valence electrons. The molecule has 0 aromatic heterocycles. The fourth-order valence-corrected chi connectivity index (χ4v) is 3.95. The largest absolute Gasteiger partial charge is 0.392 e. The van der Waals surface area contributed by atoms with Crippen molar-refractivity contribution in [3.8, 4) is 0 Å². The normalized spacial score (nSPS) is 20.4. The van der Waals surface area contributed by atoms with E-state index in [0.29, 0.717) is 22.5 Å². The first-order valence-electron chi connectivity index (χ1n) is 7.47. The Morgan fingerprint density at radius 1 is 1.10 bits per heavy atom. The first-order valence-corrected chi connectivity index (χ1v) is 8.22. The van der Waals surface area contributed by atoms with Gasteiger partial charge < -0.3 is 10.8 Å². The van der Waals surface area contributed by atoms with Gasteiger partial charge in [0.05, 0.1) is 6.10 Å². The van der Waals surface area contributed by atoms with Gasteiger partial charge >= 0.3 is 0 Å². The van der Waals surface area contributed by atoms with Crippen LogP contribution in [0.2, 0.25) is 10.0 Å². The molecule has 0 spiro atoms. The molecule has 2 rings (SSSR count). The molecule has 0 saturated heterocycles. The standard InChI is InChI=1S/C16H23Cl2NO/c17-13-8-5-9-14(18)15(13)12(10-19)16(20)11-6-3-1-2-4-7-11/h5,8-9,11-12,16,20H,1-4,6-7,10,19H2. The molecule has 2 nitrogen and oxygen atoms in total. The van der Waals surface area contributed by atoms with E-state index in [4.69, 9.17) is 28.9 Å². The third kappa shape index (κ3) is 3.67. The van der Waals surface area contributed by atoms with Crippen molar-refractivity contribution in [2.75, 3.05) is 6.54 Å². The summed E-state index contributed by atoms with van der Waals surface area (Å²) in [6.07, 6.45) is 6.59. The van der Waals surface area contributed by atoms with Crippen LogP contribution in [0.3, 0.4) is 0 Å². The number of halogens is 2. The second-order valence-electron chi connectivity index (χ2n) is 5.72. The van der Waals surface area contributed by atoms with Crippen molar-refractivity contribution in [3.05, 3.63) is 33.8 Å². The van der Waals surface area contributed by atoms with Gasteiger partial charge in [-0.3, -0.25) is 0 Å². The van der Waals surface area contributed by atoms with Crippen molar-refractivity contribution in [3.63, 3.8) is 0 Å². The van der Waals surface area contributed by atoms with Gasteiger partial charge in [0, 0.05) is 22.5 Å². The Morgan fingerprint density at radius 2 is 1.65 bits per heavy atom. The molecule has 0 aliphatic heterocycles. The van der Waals surface area contributed by atoms with E-state index < -0.39 is 6.10 Å². The predicted octanol–water partition coefficient (Wildman–Crippen LogP) is 4.37. The molecule has 0 radical (unpaired) electrons. The van der Waals surface area contributed by atoms with E-state index >= 15 is 0 Å². The van der Waals surface area contributed by atoms with E-state index in [1.807, 2.05) is 18.2 Å². The fraction of sp³-hybridized carbons (Fsp3) is 0.625. The maximum absolute atomic E-state index is 10.8. The maximum atomic E-state index is 10.8. The molecule has 20 heavy (non-hydrogen) atoms. The molecule has 1 aromatic rings. The second kappa shape index (κ2) is 7.65. The van der Waals surface area contributed by atoms with Crippen molar-refractivity contribution in [2.24, 2.45) is 11.7 Å². The van der Waals surface area contributed by atoms with Crippen LogP contribution in [0.15, 0.2) is 18.2 Å². The number of hydrogen-bond acceptors (Lipinski definition) is 2. The van der Waals surface area contributed by atoms with Crippen LogP contribution in [0.5, 0.6) is 0 Å². The summed E-state index contributed by atoms with van der Waals surface area (Å²) in [5, 5.41) is 12.0.